The van der Waals surface area contributed by atoms with E-state index in [1.165, 1.54) is 17.1 Å². The molecule has 192 valence electrons. The van der Waals surface area contributed by atoms with Crippen molar-refractivity contribution in [3.8, 4) is 0 Å². The summed E-state index contributed by atoms with van der Waals surface area (Å²) < 4.78 is 33.5. The molecule has 0 aliphatic heterocycles. The largest absolute Gasteiger partial charge is 0.443 e. The van der Waals surface area contributed by atoms with Crippen LogP contribution in [0.3, 0.4) is 0 Å². The fourth-order valence-electron chi connectivity index (χ4n) is 4.36. The van der Waals surface area contributed by atoms with Gasteiger partial charge in [0.25, 0.3) is 0 Å². The van der Waals surface area contributed by atoms with Crippen LogP contribution in [-0.2, 0) is 16.0 Å². The van der Waals surface area contributed by atoms with Crippen LogP contribution in [0.4, 0.5) is 13.6 Å². The lowest BCUT2D eigenvalue weighted by Crippen LogP contribution is -2.50. The first-order valence-electron chi connectivity index (χ1n) is 12.1. The van der Waals surface area contributed by atoms with Crippen LogP contribution in [0, 0.1) is 11.8 Å². The number of halogens is 2. The molecule has 2 aliphatic carbocycles. The number of ether oxygens (including phenoxy) is 1. The second kappa shape index (κ2) is 10.7. The predicted octanol–water partition coefficient (Wildman–Crippen LogP) is 3.43. The highest BCUT2D eigenvalue weighted by molar-refractivity contribution is 5.76. The molecule has 8 nitrogen and oxygen atoms in total. The Labute approximate surface area is 199 Å². The van der Waals surface area contributed by atoms with Crippen LogP contribution in [0.1, 0.15) is 77.8 Å². The molecule has 2 saturated carbocycles. The average Bonchev–Trinajstić information content (AvgIpc) is 3.48. The number of hydrogen-bond donors (Lipinski definition) is 3. The van der Waals surface area contributed by atoms with Gasteiger partial charge in [0, 0.05) is 25.5 Å². The van der Waals surface area contributed by atoms with Crippen molar-refractivity contribution in [2.24, 2.45) is 11.8 Å². The summed E-state index contributed by atoms with van der Waals surface area (Å²) in [6, 6.07) is -0.709. The standard InChI is InChI=1S/C24H37F2N3O5/c1-23(2,3)34-22(33)29-13-17(27-14-29)6-7-19(30)28-18(21(32)20(31)16-4-5-16)12-15-8-10-24(25,26)11-9-15/h13-16,18,20-21,31-32H,4-12H2,1-3H3,(H,28,30)/t18-,20-,21+/m0/s1. The van der Waals surface area contributed by atoms with Crippen LogP contribution in [0.15, 0.2) is 12.5 Å². The number of aliphatic hydroxyl groups excluding tert-OH is 2. The first-order chi connectivity index (χ1) is 15.8. The topological polar surface area (TPSA) is 114 Å². The molecule has 2 aliphatic rings. The fraction of sp³-hybridized carbons (Fsp3) is 0.792. The number of nitrogens with one attached hydrogen (secondary N) is 1. The van der Waals surface area contributed by atoms with Gasteiger partial charge in [0.2, 0.25) is 11.8 Å². The zero-order valence-corrected chi connectivity index (χ0v) is 20.2. The normalized spacial score (nSPS) is 21.5. The third-order valence-electron chi connectivity index (χ3n) is 6.49. The lowest BCUT2D eigenvalue weighted by molar-refractivity contribution is -0.124. The number of carbonyl (C=O) groups excluding carboxylic acids is 2. The van der Waals surface area contributed by atoms with Crippen molar-refractivity contribution in [3.05, 3.63) is 18.2 Å². The molecule has 0 radical (unpaired) electrons. The van der Waals surface area contributed by atoms with Crippen LogP contribution in [0.5, 0.6) is 0 Å². The second-order valence-corrected chi connectivity index (χ2v) is 10.8. The number of imidazole rings is 1. The van der Waals surface area contributed by atoms with E-state index in [9.17, 15) is 28.6 Å². The molecule has 1 aromatic heterocycles. The van der Waals surface area contributed by atoms with Crippen LogP contribution in [0.25, 0.3) is 0 Å². The van der Waals surface area contributed by atoms with E-state index >= 15 is 0 Å². The number of hydrogen-bond acceptors (Lipinski definition) is 6. The van der Waals surface area contributed by atoms with E-state index in [0.29, 0.717) is 25.0 Å². The highest BCUT2D eigenvalue weighted by atomic mass is 19.3. The van der Waals surface area contributed by atoms with Gasteiger partial charge in [-0.05, 0) is 71.1 Å². The number of aryl methyl sites for hydroxylation is 1. The minimum Gasteiger partial charge on any atom is -0.443 e. The van der Waals surface area contributed by atoms with Crippen LogP contribution in [0.2, 0.25) is 0 Å². The van der Waals surface area contributed by atoms with Gasteiger partial charge in [0.05, 0.1) is 17.8 Å². The van der Waals surface area contributed by atoms with Crippen molar-refractivity contribution in [2.45, 2.75) is 108 Å². The van der Waals surface area contributed by atoms with E-state index in [1.807, 2.05) is 0 Å². The smallest absolute Gasteiger partial charge is 0.419 e. The van der Waals surface area contributed by atoms with E-state index in [0.717, 1.165) is 12.8 Å². The van der Waals surface area contributed by atoms with Gasteiger partial charge in [-0.1, -0.05) is 0 Å². The predicted molar refractivity (Wildman–Crippen MR) is 120 cm³/mol. The molecule has 0 bridgehead atoms. The summed E-state index contributed by atoms with van der Waals surface area (Å²) in [7, 11) is 0. The molecule has 0 spiro atoms. The molecule has 3 N–H and O–H groups in total. The highest BCUT2D eigenvalue weighted by Gasteiger charge is 2.41. The van der Waals surface area contributed by atoms with Crippen molar-refractivity contribution < 1.29 is 33.3 Å². The molecule has 34 heavy (non-hydrogen) atoms. The number of amides is 1. The van der Waals surface area contributed by atoms with E-state index < -0.39 is 35.9 Å². The summed E-state index contributed by atoms with van der Waals surface area (Å²) in [5, 5.41) is 24.0. The van der Waals surface area contributed by atoms with Gasteiger partial charge in [-0.3, -0.25) is 4.79 Å². The van der Waals surface area contributed by atoms with Gasteiger partial charge in [0.15, 0.2) is 0 Å². The molecule has 1 aromatic rings. The summed E-state index contributed by atoms with van der Waals surface area (Å²) in [5.74, 6) is -3.01. The van der Waals surface area contributed by atoms with Gasteiger partial charge in [-0.2, -0.15) is 0 Å². The summed E-state index contributed by atoms with van der Waals surface area (Å²) in [6.07, 6.45) is 2.79. The van der Waals surface area contributed by atoms with E-state index in [4.69, 9.17) is 4.74 Å². The number of rotatable bonds is 9. The minimum absolute atomic E-state index is 0.0157. The van der Waals surface area contributed by atoms with Gasteiger partial charge in [-0.25, -0.2) is 23.1 Å². The van der Waals surface area contributed by atoms with E-state index in [1.54, 1.807) is 20.8 Å². The molecule has 1 heterocycles. The summed E-state index contributed by atoms with van der Waals surface area (Å²) >= 11 is 0. The first-order valence-corrected chi connectivity index (χ1v) is 12.1. The monoisotopic (exact) mass is 485 g/mol. The van der Waals surface area contributed by atoms with Crippen LogP contribution < -0.4 is 5.32 Å². The maximum atomic E-state index is 13.5. The quantitative estimate of drug-likeness (QED) is 0.494. The lowest BCUT2D eigenvalue weighted by atomic mass is 9.81. The lowest BCUT2D eigenvalue weighted by Gasteiger charge is -2.34. The third kappa shape index (κ3) is 8.01. The maximum absolute atomic E-state index is 13.5. The number of alkyl halides is 2. The fourth-order valence-corrected chi connectivity index (χ4v) is 4.36. The Morgan fingerprint density at radius 2 is 1.88 bits per heavy atom. The zero-order chi connectivity index (χ0) is 25.1. The van der Waals surface area contributed by atoms with Crippen molar-refractivity contribution in [1.82, 2.24) is 14.9 Å². The highest BCUT2D eigenvalue weighted by Crippen LogP contribution is 2.39. The molecule has 3 atom stereocenters. The van der Waals surface area contributed by atoms with Gasteiger partial charge < -0.3 is 20.3 Å². The van der Waals surface area contributed by atoms with Crippen LogP contribution in [-0.4, -0.2) is 61.5 Å². The van der Waals surface area contributed by atoms with Crippen molar-refractivity contribution in [1.29, 1.82) is 0 Å². The zero-order valence-electron chi connectivity index (χ0n) is 20.2. The minimum atomic E-state index is -2.65. The molecule has 0 unspecified atom stereocenters. The Hall–Kier alpha value is -2.07. The van der Waals surface area contributed by atoms with Crippen LogP contribution >= 0.6 is 0 Å². The number of carbonyl (C=O) groups is 2. The Kier molecular flexibility index (Phi) is 8.34. The van der Waals surface area contributed by atoms with E-state index in [-0.39, 0.29) is 43.4 Å². The van der Waals surface area contributed by atoms with Gasteiger partial charge >= 0.3 is 6.09 Å². The molecule has 2 fully saturated rings. The molecular formula is C24H37F2N3O5. The Morgan fingerprint density at radius 3 is 2.47 bits per heavy atom. The summed E-state index contributed by atoms with van der Waals surface area (Å²) in [5.41, 5.74) is -0.109. The van der Waals surface area contributed by atoms with Gasteiger partial charge in [0.1, 0.15) is 18.0 Å². The average molecular weight is 486 g/mol. The third-order valence-corrected chi connectivity index (χ3v) is 6.49. The summed E-state index contributed by atoms with van der Waals surface area (Å²) in [6.45, 7) is 5.28. The molecule has 3 rings (SSSR count). The maximum Gasteiger partial charge on any atom is 0.419 e. The van der Waals surface area contributed by atoms with Crippen molar-refractivity contribution in [2.75, 3.05) is 0 Å². The molecule has 1 amide bonds. The second-order valence-electron chi connectivity index (χ2n) is 10.8. The summed E-state index contributed by atoms with van der Waals surface area (Å²) in [4.78, 5) is 28.9. The van der Waals surface area contributed by atoms with Crippen molar-refractivity contribution >= 4 is 12.0 Å². The Balaban J connectivity index is 1.54. The van der Waals surface area contributed by atoms with E-state index in [2.05, 4.69) is 10.3 Å². The van der Waals surface area contributed by atoms with Crippen molar-refractivity contribution in [3.63, 3.8) is 0 Å². The molecule has 0 aromatic carbocycles. The molecule has 0 saturated heterocycles. The molecular weight excluding hydrogens is 448 g/mol. The Bertz CT molecular complexity index is 840. The van der Waals surface area contributed by atoms with Gasteiger partial charge in [-0.15, -0.1) is 0 Å². The SMILES string of the molecule is CC(C)(C)OC(=O)n1cnc(CCC(=O)N[C@@H](CC2CCC(F)(F)CC2)[C@@H](O)[C@@H](O)C2CC2)c1. The number of aliphatic hydroxyl groups is 2. The first kappa shape index (κ1) is 26.5. The number of nitrogens with zero attached hydrogens (tertiary/aromatic N) is 2. The number of aromatic nitrogens is 2. The Morgan fingerprint density at radius 1 is 1.24 bits per heavy atom. The molecule has 10 heteroatoms.